The van der Waals surface area contributed by atoms with Crippen molar-refractivity contribution in [3.8, 4) is 17.6 Å². The Hall–Kier alpha value is -6.74. The highest BCUT2D eigenvalue weighted by Crippen LogP contribution is 2.30. The minimum atomic E-state index is -0.243. The maximum atomic E-state index is 11.3. The average molecular weight is 952 g/mol. The molecule has 8 rings (SSSR count). The second-order valence-electron chi connectivity index (χ2n) is 18.3. The standard InChI is InChI=1S/2C20H25N3O.C16H23N3O3/c1-16-9-7-12-18-19(16)20(24-14-8-13-22(2)3)21-23(18)15-17-10-5-4-6-11-17;1-16-10-11-18-19(14-16)23(15-17-8-5-4-6-9-17)21-20(18)24-13-7-12-22(2)3;1-18(2)10-6-12-22-16-13-7-4-5-8-14(13)19(17-16)11-9-15(20)21-3/h4-7,9-12H,8,13-15H2,1-3H3;4-6,8-11,14H,7,12-13,15H2,1-3H3;4-5,7-8H,6,9-12H2,1-3H3. The second kappa shape index (κ2) is 26.9. The molecule has 0 fully saturated rings. The van der Waals surface area contributed by atoms with Crippen LogP contribution in [0.4, 0.5) is 0 Å². The number of aryl methyl sites for hydroxylation is 3. The van der Waals surface area contributed by atoms with Gasteiger partial charge in [0, 0.05) is 19.6 Å². The first kappa shape index (κ1) is 52.6. The van der Waals surface area contributed by atoms with Gasteiger partial charge in [-0.25, -0.2) is 0 Å². The Morgan fingerprint density at radius 2 is 0.986 bits per heavy atom. The van der Waals surface area contributed by atoms with E-state index in [1.165, 1.54) is 29.4 Å². The normalized spacial score (nSPS) is 11.3. The largest absolute Gasteiger partial charge is 0.476 e. The van der Waals surface area contributed by atoms with Crippen molar-refractivity contribution < 1.29 is 23.7 Å². The maximum Gasteiger partial charge on any atom is 0.307 e. The van der Waals surface area contributed by atoms with Crippen LogP contribution >= 0.6 is 0 Å². The van der Waals surface area contributed by atoms with E-state index < -0.39 is 0 Å². The second-order valence-corrected chi connectivity index (χ2v) is 18.3. The smallest absolute Gasteiger partial charge is 0.307 e. The molecule has 70 heavy (non-hydrogen) atoms. The number of fused-ring (bicyclic) bond motifs is 3. The number of nitrogens with zero attached hydrogens (tertiary/aromatic N) is 9. The summed E-state index contributed by atoms with van der Waals surface area (Å²) < 4.78 is 28.3. The molecule has 372 valence electrons. The third kappa shape index (κ3) is 15.6. The van der Waals surface area contributed by atoms with Gasteiger partial charge in [-0.05, 0) is 128 Å². The summed E-state index contributed by atoms with van der Waals surface area (Å²) in [4.78, 5) is 17.8. The summed E-state index contributed by atoms with van der Waals surface area (Å²) in [5, 5.41) is 17.1. The SMILES string of the molecule is COC(=O)CCn1nc(OCCCN(C)C)c2ccccc21.Cc1ccc2c(OCCCN(C)C)nn(Cc3ccccc3)c2c1.Cc1cccc2c1c(OCCCN(C)C)nn2Cc1ccccc1. The molecule has 0 aliphatic carbocycles. The van der Waals surface area contributed by atoms with Crippen LogP contribution in [0, 0.1) is 13.8 Å². The van der Waals surface area contributed by atoms with Crippen LogP contribution in [-0.4, -0.2) is 139 Å². The molecule has 3 heterocycles. The van der Waals surface area contributed by atoms with Crippen molar-refractivity contribution in [2.75, 3.05) is 88.9 Å². The van der Waals surface area contributed by atoms with E-state index in [1.807, 2.05) is 59.9 Å². The van der Waals surface area contributed by atoms with Crippen molar-refractivity contribution in [2.45, 2.75) is 59.2 Å². The number of ether oxygens (including phenoxy) is 4. The first-order valence-corrected chi connectivity index (χ1v) is 24.3. The third-order valence-electron chi connectivity index (χ3n) is 11.5. The predicted octanol–water partition coefficient (Wildman–Crippen LogP) is 9.38. The number of hydrogen-bond acceptors (Lipinski definition) is 11. The Balaban J connectivity index is 0.000000172. The van der Waals surface area contributed by atoms with Gasteiger partial charge in [-0.3, -0.25) is 18.8 Å². The van der Waals surface area contributed by atoms with E-state index in [1.54, 1.807) is 4.68 Å². The topological polar surface area (TPSA) is 117 Å². The number of benzene rings is 5. The number of methoxy groups -OCH3 is 1. The van der Waals surface area contributed by atoms with Gasteiger partial charge in [0.1, 0.15) is 0 Å². The van der Waals surface area contributed by atoms with Crippen molar-refractivity contribution in [1.82, 2.24) is 44.0 Å². The lowest BCUT2D eigenvalue weighted by Gasteiger charge is -2.09. The molecule has 0 N–H and O–H groups in total. The Kier molecular flexibility index (Phi) is 20.2. The summed E-state index contributed by atoms with van der Waals surface area (Å²) in [5.74, 6) is 1.87. The lowest BCUT2D eigenvalue weighted by atomic mass is 10.1. The summed E-state index contributed by atoms with van der Waals surface area (Å²) in [7, 11) is 13.8. The zero-order chi connectivity index (χ0) is 49.8. The molecule has 0 unspecified atom stereocenters. The molecule has 0 amide bonds. The van der Waals surface area contributed by atoms with Gasteiger partial charge in [-0.2, -0.15) is 0 Å². The fraction of sp³-hybridized carbons (Fsp3) is 0.393. The fourth-order valence-electron chi connectivity index (χ4n) is 7.90. The Morgan fingerprint density at radius 1 is 0.514 bits per heavy atom. The van der Waals surface area contributed by atoms with Gasteiger partial charge < -0.3 is 33.6 Å². The molecule has 14 heteroatoms. The van der Waals surface area contributed by atoms with Gasteiger partial charge >= 0.3 is 5.97 Å². The van der Waals surface area contributed by atoms with Crippen LogP contribution in [0.3, 0.4) is 0 Å². The minimum absolute atomic E-state index is 0.243. The third-order valence-corrected chi connectivity index (χ3v) is 11.5. The number of carbonyl (C=O) groups is 1. The summed E-state index contributed by atoms with van der Waals surface area (Å²) in [5.41, 5.74) is 8.13. The van der Waals surface area contributed by atoms with Gasteiger partial charge in [0.05, 0.1) is 85.7 Å². The average Bonchev–Trinajstić information content (AvgIpc) is 4.01. The van der Waals surface area contributed by atoms with E-state index in [4.69, 9.17) is 24.4 Å². The van der Waals surface area contributed by atoms with Gasteiger partial charge in [0.2, 0.25) is 17.6 Å². The lowest BCUT2D eigenvalue weighted by Crippen LogP contribution is -2.15. The molecule has 0 saturated heterocycles. The van der Waals surface area contributed by atoms with E-state index in [-0.39, 0.29) is 5.97 Å². The van der Waals surface area contributed by atoms with Gasteiger partial charge in [-0.15, -0.1) is 15.3 Å². The molecule has 8 aromatic rings. The Bertz CT molecular complexity index is 2770. The zero-order valence-corrected chi connectivity index (χ0v) is 42.8. The van der Waals surface area contributed by atoms with E-state index >= 15 is 0 Å². The summed E-state index contributed by atoms with van der Waals surface area (Å²) in [6.45, 7) is 11.2. The highest BCUT2D eigenvalue weighted by atomic mass is 16.5. The fourth-order valence-corrected chi connectivity index (χ4v) is 7.90. The Labute approximate surface area is 414 Å². The number of hydrogen-bond donors (Lipinski definition) is 0. The van der Waals surface area contributed by atoms with Crippen LogP contribution < -0.4 is 14.2 Å². The molecule has 14 nitrogen and oxygen atoms in total. The summed E-state index contributed by atoms with van der Waals surface area (Å²) in [6.07, 6.45) is 3.22. The zero-order valence-electron chi connectivity index (χ0n) is 42.8. The molecule has 0 aliphatic rings. The molecule has 0 bridgehead atoms. The first-order valence-electron chi connectivity index (χ1n) is 24.3. The molecule has 0 atom stereocenters. The lowest BCUT2D eigenvalue weighted by molar-refractivity contribution is -0.140. The number of aromatic nitrogens is 6. The predicted molar refractivity (Wildman–Crippen MR) is 282 cm³/mol. The molecule has 0 aliphatic heterocycles. The van der Waals surface area contributed by atoms with Crippen LogP contribution in [0.2, 0.25) is 0 Å². The van der Waals surface area contributed by atoms with E-state index in [0.717, 1.165) is 96.5 Å². The maximum absolute atomic E-state index is 11.3. The minimum Gasteiger partial charge on any atom is -0.476 e. The van der Waals surface area contributed by atoms with Crippen LogP contribution in [0.15, 0.2) is 121 Å². The van der Waals surface area contributed by atoms with Crippen LogP contribution in [0.25, 0.3) is 32.7 Å². The highest BCUT2D eigenvalue weighted by molar-refractivity contribution is 5.88. The Morgan fingerprint density at radius 3 is 1.54 bits per heavy atom. The van der Waals surface area contributed by atoms with Gasteiger partial charge in [0.15, 0.2) is 0 Å². The molecular formula is C56H73N9O5. The number of carbonyl (C=O) groups excluding carboxylic acids is 1. The quantitative estimate of drug-likeness (QED) is 0.0478. The highest BCUT2D eigenvalue weighted by Gasteiger charge is 2.16. The van der Waals surface area contributed by atoms with E-state index in [9.17, 15) is 4.79 Å². The number of rotatable bonds is 22. The number of esters is 1. The first-order chi connectivity index (χ1) is 33.9. The van der Waals surface area contributed by atoms with Crippen LogP contribution in [-0.2, 0) is 29.2 Å². The molecule has 5 aromatic carbocycles. The molecule has 0 spiro atoms. The van der Waals surface area contributed by atoms with Crippen molar-refractivity contribution in [2.24, 2.45) is 0 Å². The van der Waals surface area contributed by atoms with Crippen molar-refractivity contribution in [3.05, 3.63) is 144 Å². The van der Waals surface area contributed by atoms with Gasteiger partial charge in [0.25, 0.3) is 0 Å². The molecule has 0 radical (unpaired) electrons. The van der Waals surface area contributed by atoms with Gasteiger partial charge in [-0.1, -0.05) is 91.0 Å². The molecule has 3 aromatic heterocycles. The van der Waals surface area contributed by atoms with E-state index in [0.29, 0.717) is 38.7 Å². The van der Waals surface area contributed by atoms with Crippen molar-refractivity contribution >= 4 is 38.7 Å². The van der Waals surface area contributed by atoms with E-state index in [2.05, 4.69) is 152 Å². The van der Waals surface area contributed by atoms with Crippen LogP contribution in [0.5, 0.6) is 17.6 Å². The van der Waals surface area contributed by atoms with Crippen molar-refractivity contribution in [3.63, 3.8) is 0 Å². The van der Waals surface area contributed by atoms with Crippen LogP contribution in [0.1, 0.15) is 47.9 Å². The monoisotopic (exact) mass is 952 g/mol. The summed E-state index contributed by atoms with van der Waals surface area (Å²) >= 11 is 0. The van der Waals surface area contributed by atoms with Crippen molar-refractivity contribution in [1.29, 1.82) is 0 Å². The molecule has 0 saturated carbocycles. The number of para-hydroxylation sites is 1. The molecular weight excluding hydrogens is 879 g/mol. The summed E-state index contributed by atoms with van der Waals surface area (Å²) in [6, 6.07) is 41.4.